The van der Waals surface area contributed by atoms with Crippen LogP contribution in [0.25, 0.3) is 0 Å². The number of hydrogen-bond donors (Lipinski definition) is 2. The lowest BCUT2D eigenvalue weighted by molar-refractivity contribution is -0.120. The molecular formula is C13H16N4O3. The van der Waals surface area contributed by atoms with E-state index in [1.807, 2.05) is 6.07 Å². The van der Waals surface area contributed by atoms with Gasteiger partial charge in [-0.3, -0.25) is 9.89 Å². The second-order valence-corrected chi connectivity index (χ2v) is 4.08. The lowest BCUT2D eigenvalue weighted by atomic mass is 10.1. The number of amides is 1. The molecule has 0 atom stereocenters. The molecule has 0 saturated carbocycles. The van der Waals surface area contributed by atoms with E-state index in [9.17, 15) is 4.79 Å². The molecule has 1 aromatic carbocycles. The summed E-state index contributed by atoms with van der Waals surface area (Å²) in [6, 6.07) is 5.39. The number of aromatic nitrogens is 3. The number of carbonyl (C=O) groups is 1. The molecule has 0 spiro atoms. The molecule has 0 aliphatic heterocycles. The number of H-pyrrole nitrogens is 1. The predicted octanol–water partition coefficient (Wildman–Crippen LogP) is 0.681. The summed E-state index contributed by atoms with van der Waals surface area (Å²) in [6.07, 6.45) is 1.66. The van der Waals surface area contributed by atoms with E-state index in [0.717, 1.165) is 5.56 Å². The molecule has 7 nitrogen and oxygen atoms in total. The maximum atomic E-state index is 11.8. The van der Waals surface area contributed by atoms with Crippen LogP contribution in [0.2, 0.25) is 0 Å². The maximum absolute atomic E-state index is 11.8. The van der Waals surface area contributed by atoms with Crippen molar-refractivity contribution in [3.63, 3.8) is 0 Å². The molecule has 0 unspecified atom stereocenters. The number of nitrogens with zero attached hydrogens (tertiary/aromatic N) is 2. The first-order valence-corrected chi connectivity index (χ1v) is 6.04. The van der Waals surface area contributed by atoms with Crippen molar-refractivity contribution in [2.75, 3.05) is 14.2 Å². The van der Waals surface area contributed by atoms with Crippen LogP contribution in [0.5, 0.6) is 11.5 Å². The average Bonchev–Trinajstić information content (AvgIpc) is 2.98. The van der Waals surface area contributed by atoms with Crippen molar-refractivity contribution >= 4 is 5.91 Å². The SMILES string of the molecule is COc1ccc(CC(=O)NCc2ncn[nH]2)cc1OC. The van der Waals surface area contributed by atoms with Crippen LogP contribution in [-0.2, 0) is 17.8 Å². The van der Waals surface area contributed by atoms with E-state index >= 15 is 0 Å². The van der Waals surface area contributed by atoms with Crippen LogP contribution in [0.3, 0.4) is 0 Å². The largest absolute Gasteiger partial charge is 0.493 e. The van der Waals surface area contributed by atoms with Crippen molar-refractivity contribution in [1.29, 1.82) is 0 Å². The Morgan fingerprint density at radius 1 is 1.30 bits per heavy atom. The van der Waals surface area contributed by atoms with Gasteiger partial charge in [-0.05, 0) is 17.7 Å². The van der Waals surface area contributed by atoms with Gasteiger partial charge >= 0.3 is 0 Å². The van der Waals surface area contributed by atoms with E-state index < -0.39 is 0 Å². The molecule has 2 N–H and O–H groups in total. The van der Waals surface area contributed by atoms with E-state index in [2.05, 4.69) is 20.5 Å². The monoisotopic (exact) mass is 276 g/mol. The minimum atomic E-state index is -0.103. The average molecular weight is 276 g/mol. The highest BCUT2D eigenvalue weighted by Gasteiger charge is 2.08. The van der Waals surface area contributed by atoms with Crippen LogP contribution in [0.15, 0.2) is 24.5 Å². The summed E-state index contributed by atoms with van der Waals surface area (Å²) in [4.78, 5) is 15.7. The molecule has 0 aliphatic carbocycles. The number of benzene rings is 1. The van der Waals surface area contributed by atoms with Crippen LogP contribution >= 0.6 is 0 Å². The standard InChI is InChI=1S/C13H16N4O3/c1-19-10-4-3-9(5-11(10)20-2)6-13(18)14-7-12-15-8-16-17-12/h3-5,8H,6-7H2,1-2H3,(H,14,18)(H,15,16,17). The fourth-order valence-electron chi connectivity index (χ4n) is 1.74. The number of rotatable bonds is 6. The lowest BCUT2D eigenvalue weighted by Gasteiger charge is -2.09. The third-order valence-electron chi connectivity index (χ3n) is 2.73. The van der Waals surface area contributed by atoms with Crippen molar-refractivity contribution in [2.45, 2.75) is 13.0 Å². The van der Waals surface area contributed by atoms with Crippen LogP contribution < -0.4 is 14.8 Å². The third-order valence-corrected chi connectivity index (χ3v) is 2.73. The molecule has 0 bridgehead atoms. The summed E-state index contributed by atoms with van der Waals surface area (Å²) in [5.74, 6) is 1.76. The van der Waals surface area contributed by atoms with Gasteiger partial charge in [0.2, 0.25) is 5.91 Å². The van der Waals surface area contributed by atoms with Gasteiger partial charge in [-0.15, -0.1) is 0 Å². The van der Waals surface area contributed by atoms with Gasteiger partial charge in [-0.2, -0.15) is 5.10 Å². The number of ether oxygens (including phenoxy) is 2. The Labute approximate surface area is 116 Å². The first-order chi connectivity index (χ1) is 9.72. The number of hydrogen-bond acceptors (Lipinski definition) is 5. The highest BCUT2D eigenvalue weighted by molar-refractivity contribution is 5.78. The van der Waals surface area contributed by atoms with Crippen LogP contribution in [0, 0.1) is 0 Å². The van der Waals surface area contributed by atoms with Crippen molar-refractivity contribution < 1.29 is 14.3 Å². The molecule has 2 rings (SSSR count). The Balaban J connectivity index is 1.93. The van der Waals surface area contributed by atoms with Crippen molar-refractivity contribution in [2.24, 2.45) is 0 Å². The number of aromatic amines is 1. The lowest BCUT2D eigenvalue weighted by Crippen LogP contribution is -2.25. The summed E-state index contributed by atoms with van der Waals surface area (Å²) in [5.41, 5.74) is 0.845. The third kappa shape index (κ3) is 3.47. The van der Waals surface area contributed by atoms with Gasteiger partial charge in [0.05, 0.1) is 27.2 Å². The van der Waals surface area contributed by atoms with E-state index in [4.69, 9.17) is 9.47 Å². The second-order valence-electron chi connectivity index (χ2n) is 4.08. The Morgan fingerprint density at radius 2 is 2.10 bits per heavy atom. The van der Waals surface area contributed by atoms with Crippen molar-refractivity contribution in [3.05, 3.63) is 35.9 Å². The summed E-state index contributed by atoms with van der Waals surface area (Å²) in [6.45, 7) is 0.326. The minimum absolute atomic E-state index is 0.103. The van der Waals surface area contributed by atoms with E-state index in [0.29, 0.717) is 23.9 Å². The second kappa shape index (κ2) is 6.55. The van der Waals surface area contributed by atoms with Gasteiger partial charge < -0.3 is 14.8 Å². The highest BCUT2D eigenvalue weighted by atomic mass is 16.5. The molecule has 0 aliphatic rings. The molecule has 7 heteroatoms. The molecule has 0 saturated heterocycles. The predicted molar refractivity (Wildman–Crippen MR) is 71.5 cm³/mol. The van der Waals surface area contributed by atoms with Gasteiger partial charge in [-0.1, -0.05) is 6.07 Å². The Morgan fingerprint density at radius 3 is 2.75 bits per heavy atom. The zero-order chi connectivity index (χ0) is 14.4. The van der Waals surface area contributed by atoms with Gasteiger partial charge in [0.15, 0.2) is 11.5 Å². The Bertz CT molecular complexity index is 569. The smallest absolute Gasteiger partial charge is 0.224 e. The Kier molecular flexibility index (Phi) is 4.54. The van der Waals surface area contributed by atoms with Gasteiger partial charge in [0, 0.05) is 0 Å². The van der Waals surface area contributed by atoms with Crippen molar-refractivity contribution in [3.8, 4) is 11.5 Å². The van der Waals surface area contributed by atoms with Crippen LogP contribution in [0.1, 0.15) is 11.4 Å². The van der Waals surface area contributed by atoms with Gasteiger partial charge in [0.25, 0.3) is 0 Å². The molecule has 20 heavy (non-hydrogen) atoms. The molecule has 0 radical (unpaired) electrons. The number of nitrogens with one attached hydrogen (secondary N) is 2. The topological polar surface area (TPSA) is 89.1 Å². The maximum Gasteiger partial charge on any atom is 0.224 e. The molecule has 1 amide bonds. The normalized spacial score (nSPS) is 10.1. The zero-order valence-corrected chi connectivity index (χ0v) is 11.3. The molecule has 1 heterocycles. The quantitative estimate of drug-likeness (QED) is 0.810. The molecule has 106 valence electrons. The van der Waals surface area contributed by atoms with Gasteiger partial charge in [-0.25, -0.2) is 4.98 Å². The fourth-order valence-corrected chi connectivity index (χ4v) is 1.74. The number of carbonyl (C=O) groups excluding carboxylic acids is 1. The minimum Gasteiger partial charge on any atom is -0.493 e. The summed E-state index contributed by atoms with van der Waals surface area (Å²) in [7, 11) is 3.13. The summed E-state index contributed by atoms with van der Waals surface area (Å²) in [5, 5.41) is 9.14. The summed E-state index contributed by atoms with van der Waals surface area (Å²) < 4.78 is 10.3. The number of methoxy groups -OCH3 is 2. The molecule has 2 aromatic rings. The van der Waals surface area contributed by atoms with E-state index in [1.54, 1.807) is 26.4 Å². The molecule has 1 aromatic heterocycles. The van der Waals surface area contributed by atoms with Gasteiger partial charge in [0.1, 0.15) is 12.2 Å². The molecule has 0 fully saturated rings. The summed E-state index contributed by atoms with van der Waals surface area (Å²) >= 11 is 0. The first kappa shape index (κ1) is 13.9. The van der Waals surface area contributed by atoms with Crippen LogP contribution in [-0.4, -0.2) is 35.3 Å². The highest BCUT2D eigenvalue weighted by Crippen LogP contribution is 2.27. The Hall–Kier alpha value is -2.57. The van der Waals surface area contributed by atoms with E-state index in [-0.39, 0.29) is 12.3 Å². The molecular weight excluding hydrogens is 260 g/mol. The zero-order valence-electron chi connectivity index (χ0n) is 11.3. The van der Waals surface area contributed by atoms with Crippen LogP contribution in [0.4, 0.5) is 0 Å². The first-order valence-electron chi connectivity index (χ1n) is 6.04. The van der Waals surface area contributed by atoms with Crippen molar-refractivity contribution in [1.82, 2.24) is 20.5 Å². The van der Waals surface area contributed by atoms with E-state index in [1.165, 1.54) is 6.33 Å². The fraction of sp³-hybridized carbons (Fsp3) is 0.308.